The molecule has 0 spiro atoms. The molecule has 0 N–H and O–H groups in total. The van der Waals surface area contributed by atoms with E-state index < -0.39 is 0 Å². The number of rotatable bonds is 24. The Morgan fingerprint density at radius 1 is 0.531 bits per heavy atom. The molecule has 2 aliphatic carbocycles. The minimum atomic E-state index is -0.0192. The van der Waals surface area contributed by atoms with Crippen LogP contribution in [-0.4, -0.2) is 9.52 Å². The summed E-state index contributed by atoms with van der Waals surface area (Å²) < 4.78 is 0. The Morgan fingerprint density at radius 3 is 1.67 bits per heavy atom. The lowest BCUT2D eigenvalue weighted by Gasteiger charge is -2.38. The molecule has 0 aliphatic heterocycles. The fourth-order valence-corrected chi connectivity index (χ4v) is 12.4. The maximum atomic E-state index is 2.46. The van der Waals surface area contributed by atoms with E-state index in [2.05, 4.69) is 76.2 Å². The summed E-state index contributed by atoms with van der Waals surface area (Å²) in [5.74, 6) is 5.06. The molecular weight excluding hydrogens is 605 g/mol. The van der Waals surface area contributed by atoms with E-state index in [9.17, 15) is 0 Å². The summed E-state index contributed by atoms with van der Waals surface area (Å²) in [5, 5.41) is 0. The second kappa shape index (κ2) is 24.0. The molecule has 0 bridgehead atoms. The van der Waals surface area contributed by atoms with Crippen LogP contribution in [0, 0.1) is 29.6 Å². The number of benzene rings is 2. The third-order valence-corrected chi connectivity index (χ3v) is 15.8. The van der Waals surface area contributed by atoms with Gasteiger partial charge in [0.05, 0.1) is 0 Å². The molecular formula is C48H80Si. The van der Waals surface area contributed by atoms with E-state index in [1.807, 2.05) is 0 Å². The Labute approximate surface area is 308 Å². The van der Waals surface area contributed by atoms with Crippen LogP contribution in [0.3, 0.4) is 0 Å². The SMILES string of the molecule is CCCC[SiH2]C(CCCC)c1ccc(-c2ccc(CCC3CCC([C@H]4CC[C@H](CCCCCCCCC(C)CCC)CC4)CC3)cc2)cc1. The average molecular weight is 685 g/mol. The van der Waals surface area contributed by atoms with E-state index in [0.29, 0.717) is 0 Å². The van der Waals surface area contributed by atoms with E-state index in [1.165, 1.54) is 152 Å². The zero-order valence-corrected chi connectivity index (χ0v) is 34.6. The lowest BCUT2D eigenvalue weighted by atomic mass is 9.68. The predicted molar refractivity (Wildman–Crippen MR) is 223 cm³/mol. The summed E-state index contributed by atoms with van der Waals surface area (Å²) >= 11 is 0. The predicted octanol–water partition coefficient (Wildman–Crippen LogP) is 15.1. The fraction of sp³-hybridized carbons (Fsp3) is 0.750. The summed E-state index contributed by atoms with van der Waals surface area (Å²) in [6.07, 6.45) is 36.4. The third-order valence-electron chi connectivity index (χ3n) is 13.4. The summed E-state index contributed by atoms with van der Waals surface area (Å²) in [4.78, 5) is 0. The normalized spacial score (nSPS) is 22.9. The van der Waals surface area contributed by atoms with Crippen LogP contribution in [-0.2, 0) is 6.42 Å². The van der Waals surface area contributed by atoms with Crippen molar-refractivity contribution >= 4 is 9.52 Å². The highest BCUT2D eigenvalue weighted by molar-refractivity contribution is 6.37. The van der Waals surface area contributed by atoms with Gasteiger partial charge in [-0.05, 0) is 102 Å². The largest absolute Gasteiger partial charge is 0.0654 e. The standard InChI is InChI=1S/C48H80Si/c1-5-8-19-48(49-38-9-6-2)47-36-34-46(35-37-47)45-32-26-42(27-33-45)21-20-41-24-30-44(31-25-41)43-28-22-40(23-29-43)18-15-13-11-10-12-14-17-39(4)16-7-3/h26-27,32-37,39-41,43-44,48H,5-25,28-31,38,49H2,1-4H3/t39?,40-,41?,43-,44?,48?. The van der Waals surface area contributed by atoms with Crippen molar-refractivity contribution in [3.8, 4) is 11.1 Å². The lowest BCUT2D eigenvalue weighted by molar-refractivity contribution is 0.140. The zero-order chi connectivity index (χ0) is 34.5. The molecule has 2 fully saturated rings. The van der Waals surface area contributed by atoms with Crippen LogP contribution < -0.4 is 0 Å². The van der Waals surface area contributed by atoms with Gasteiger partial charge in [-0.2, -0.15) is 0 Å². The Balaban J connectivity index is 1.07. The van der Waals surface area contributed by atoms with E-state index in [0.717, 1.165) is 35.1 Å². The molecule has 2 unspecified atom stereocenters. The maximum absolute atomic E-state index is 2.46. The molecule has 0 heterocycles. The second-order valence-electron chi connectivity index (χ2n) is 17.3. The van der Waals surface area contributed by atoms with Crippen LogP contribution in [0.1, 0.15) is 198 Å². The molecule has 0 saturated heterocycles. The monoisotopic (exact) mass is 685 g/mol. The van der Waals surface area contributed by atoms with E-state index in [1.54, 1.807) is 36.8 Å². The van der Waals surface area contributed by atoms with Gasteiger partial charge in [0.2, 0.25) is 0 Å². The highest BCUT2D eigenvalue weighted by Crippen LogP contribution is 2.43. The summed E-state index contributed by atoms with van der Waals surface area (Å²) in [5.41, 5.74) is 6.81. The molecule has 0 aromatic heterocycles. The molecule has 2 aromatic rings. The average Bonchev–Trinajstić information content (AvgIpc) is 3.14. The fourth-order valence-electron chi connectivity index (χ4n) is 9.92. The molecule has 2 aliphatic rings. The van der Waals surface area contributed by atoms with Gasteiger partial charge in [0.25, 0.3) is 0 Å². The first-order chi connectivity index (χ1) is 24.1. The van der Waals surface area contributed by atoms with E-state index >= 15 is 0 Å². The van der Waals surface area contributed by atoms with E-state index in [-0.39, 0.29) is 9.52 Å². The Morgan fingerprint density at radius 2 is 1.08 bits per heavy atom. The summed E-state index contributed by atoms with van der Waals surface area (Å²) in [7, 11) is -0.0192. The van der Waals surface area contributed by atoms with Crippen molar-refractivity contribution in [1.82, 2.24) is 0 Å². The number of unbranched alkanes of at least 4 members (excludes halogenated alkanes) is 7. The van der Waals surface area contributed by atoms with Crippen molar-refractivity contribution in [3.63, 3.8) is 0 Å². The number of hydrogen-bond acceptors (Lipinski definition) is 0. The molecule has 49 heavy (non-hydrogen) atoms. The second-order valence-corrected chi connectivity index (χ2v) is 19.6. The van der Waals surface area contributed by atoms with Crippen LogP contribution in [0.15, 0.2) is 48.5 Å². The summed E-state index contributed by atoms with van der Waals surface area (Å²) in [6, 6.07) is 20.9. The minimum absolute atomic E-state index is 0.0192. The quantitative estimate of drug-likeness (QED) is 0.0762. The van der Waals surface area contributed by atoms with Crippen molar-refractivity contribution in [2.45, 2.75) is 200 Å². The zero-order valence-electron chi connectivity index (χ0n) is 33.2. The molecule has 1 heteroatoms. The molecule has 2 aromatic carbocycles. The van der Waals surface area contributed by atoms with Gasteiger partial charge in [-0.15, -0.1) is 0 Å². The van der Waals surface area contributed by atoms with Crippen LogP contribution in [0.2, 0.25) is 6.04 Å². The van der Waals surface area contributed by atoms with Crippen molar-refractivity contribution < 1.29 is 0 Å². The lowest BCUT2D eigenvalue weighted by Crippen LogP contribution is -2.26. The van der Waals surface area contributed by atoms with Gasteiger partial charge in [0, 0.05) is 9.52 Å². The Hall–Kier alpha value is -1.34. The molecule has 2 atom stereocenters. The maximum Gasteiger partial charge on any atom is 0.0287 e. The molecule has 0 amide bonds. The van der Waals surface area contributed by atoms with Gasteiger partial charge < -0.3 is 0 Å². The molecule has 276 valence electrons. The van der Waals surface area contributed by atoms with Crippen LogP contribution in [0.5, 0.6) is 0 Å². The van der Waals surface area contributed by atoms with Gasteiger partial charge in [0.15, 0.2) is 0 Å². The molecule has 4 rings (SSSR count). The molecule has 0 radical (unpaired) electrons. The van der Waals surface area contributed by atoms with Crippen molar-refractivity contribution in [2.75, 3.05) is 0 Å². The van der Waals surface area contributed by atoms with Crippen LogP contribution in [0.25, 0.3) is 11.1 Å². The number of hydrogen-bond donors (Lipinski definition) is 0. The summed E-state index contributed by atoms with van der Waals surface area (Å²) in [6.45, 7) is 9.45. The third kappa shape index (κ3) is 15.0. The van der Waals surface area contributed by atoms with Crippen molar-refractivity contribution in [2.24, 2.45) is 29.6 Å². The minimum Gasteiger partial charge on any atom is -0.0654 e. The van der Waals surface area contributed by atoms with Crippen molar-refractivity contribution in [3.05, 3.63) is 59.7 Å². The van der Waals surface area contributed by atoms with Crippen molar-refractivity contribution in [1.29, 1.82) is 0 Å². The molecule has 2 saturated carbocycles. The first-order valence-electron chi connectivity index (χ1n) is 22.3. The van der Waals surface area contributed by atoms with Gasteiger partial charge in [-0.1, -0.05) is 198 Å². The Kier molecular flexibility index (Phi) is 19.8. The van der Waals surface area contributed by atoms with Crippen LogP contribution >= 0.6 is 0 Å². The first-order valence-corrected chi connectivity index (χ1v) is 24.1. The Bertz CT molecular complexity index is 1070. The number of aryl methyl sites for hydroxylation is 1. The highest BCUT2D eigenvalue weighted by Gasteiger charge is 2.30. The topological polar surface area (TPSA) is 0 Å². The van der Waals surface area contributed by atoms with Gasteiger partial charge >= 0.3 is 0 Å². The van der Waals surface area contributed by atoms with Gasteiger partial charge in [-0.3, -0.25) is 0 Å². The van der Waals surface area contributed by atoms with E-state index in [4.69, 9.17) is 0 Å². The van der Waals surface area contributed by atoms with Gasteiger partial charge in [0.1, 0.15) is 0 Å². The first kappa shape index (κ1) is 40.4. The molecule has 0 nitrogen and oxygen atoms in total. The highest BCUT2D eigenvalue weighted by atomic mass is 28.2. The smallest absolute Gasteiger partial charge is 0.0287 e. The van der Waals surface area contributed by atoms with Crippen LogP contribution in [0.4, 0.5) is 0 Å². The van der Waals surface area contributed by atoms with Gasteiger partial charge in [-0.25, -0.2) is 0 Å².